The third-order valence-corrected chi connectivity index (χ3v) is 3.65. The first-order valence-corrected chi connectivity index (χ1v) is 7.19. The molecule has 2 aromatic rings. The number of hydrogen-bond acceptors (Lipinski definition) is 2. The summed E-state index contributed by atoms with van der Waals surface area (Å²) in [6.45, 7) is 10.1. The van der Waals surface area contributed by atoms with Crippen molar-refractivity contribution in [3.8, 4) is 5.75 Å². The summed E-state index contributed by atoms with van der Waals surface area (Å²) in [5, 5.41) is 0. The molecule has 0 heterocycles. The van der Waals surface area contributed by atoms with Gasteiger partial charge in [-0.15, -0.1) is 0 Å². The molecule has 0 amide bonds. The molecule has 0 aliphatic carbocycles. The van der Waals surface area contributed by atoms with Gasteiger partial charge >= 0.3 is 0 Å². The van der Waals surface area contributed by atoms with Gasteiger partial charge in [-0.2, -0.15) is 0 Å². The monoisotopic (exact) mass is 282 g/mol. The third-order valence-electron chi connectivity index (χ3n) is 3.65. The second-order valence-electron chi connectivity index (χ2n) is 5.76. The zero-order valence-electron chi connectivity index (χ0n) is 13.4. The Hall–Kier alpha value is -2.09. The van der Waals surface area contributed by atoms with E-state index in [1.165, 1.54) is 5.56 Å². The highest BCUT2D eigenvalue weighted by Gasteiger charge is 2.12. The van der Waals surface area contributed by atoms with Gasteiger partial charge < -0.3 is 4.74 Å². The Bertz CT molecular complexity index is 661. The van der Waals surface area contributed by atoms with E-state index in [1.807, 2.05) is 45.9 Å². The fraction of sp³-hybridized carbons (Fsp3) is 0.316. The van der Waals surface area contributed by atoms with Crippen molar-refractivity contribution in [3.05, 3.63) is 63.7 Å². The Labute approximate surface area is 126 Å². The largest absolute Gasteiger partial charge is 0.485 e. The maximum atomic E-state index is 12.4. The van der Waals surface area contributed by atoms with Crippen molar-refractivity contribution in [1.82, 2.24) is 0 Å². The van der Waals surface area contributed by atoms with E-state index in [-0.39, 0.29) is 12.4 Å². The number of ether oxygens (including phenoxy) is 1. The Morgan fingerprint density at radius 3 is 2.10 bits per heavy atom. The molecule has 0 unspecified atom stereocenters. The van der Waals surface area contributed by atoms with Crippen LogP contribution in [0.4, 0.5) is 0 Å². The predicted octanol–water partition coefficient (Wildman–Crippen LogP) is 4.49. The van der Waals surface area contributed by atoms with Gasteiger partial charge in [0.05, 0.1) is 0 Å². The van der Waals surface area contributed by atoms with Crippen molar-refractivity contribution in [3.63, 3.8) is 0 Å². The lowest BCUT2D eigenvalue weighted by atomic mass is 10.0. The van der Waals surface area contributed by atoms with Crippen LogP contribution >= 0.6 is 0 Å². The lowest BCUT2D eigenvalue weighted by Crippen LogP contribution is -2.14. The van der Waals surface area contributed by atoms with Gasteiger partial charge in [-0.1, -0.05) is 35.4 Å². The lowest BCUT2D eigenvalue weighted by Gasteiger charge is -2.13. The summed E-state index contributed by atoms with van der Waals surface area (Å²) in [5.74, 6) is 0.842. The van der Waals surface area contributed by atoms with Gasteiger partial charge in [-0.3, -0.25) is 4.79 Å². The molecular weight excluding hydrogens is 260 g/mol. The quantitative estimate of drug-likeness (QED) is 0.772. The van der Waals surface area contributed by atoms with Crippen molar-refractivity contribution < 1.29 is 9.53 Å². The molecule has 0 atom stereocenters. The van der Waals surface area contributed by atoms with Crippen molar-refractivity contribution in [2.75, 3.05) is 6.61 Å². The molecular formula is C19H22O2. The van der Waals surface area contributed by atoms with Crippen LogP contribution in [-0.2, 0) is 0 Å². The summed E-state index contributed by atoms with van der Waals surface area (Å²) in [4.78, 5) is 12.4. The molecule has 0 radical (unpaired) electrons. The highest BCUT2D eigenvalue weighted by molar-refractivity contribution is 5.98. The van der Waals surface area contributed by atoms with E-state index in [9.17, 15) is 4.79 Å². The molecule has 0 aromatic heterocycles. The molecule has 2 heteroatoms. The highest BCUT2D eigenvalue weighted by atomic mass is 16.5. The third kappa shape index (κ3) is 3.52. The van der Waals surface area contributed by atoms with Gasteiger partial charge in [0.2, 0.25) is 0 Å². The van der Waals surface area contributed by atoms with E-state index < -0.39 is 0 Å². The standard InChI is InChI=1S/C19H22O2/c1-12-6-7-14(3)17(10-12)18(20)11-21-19-15(4)8-13(2)9-16(19)5/h6-10H,11H2,1-5H3. The van der Waals surface area contributed by atoms with E-state index in [2.05, 4.69) is 19.1 Å². The van der Waals surface area contributed by atoms with Crippen LogP contribution in [0, 0.1) is 34.6 Å². The van der Waals surface area contributed by atoms with Gasteiger partial charge in [-0.25, -0.2) is 0 Å². The van der Waals surface area contributed by atoms with Crippen molar-refractivity contribution >= 4 is 5.78 Å². The lowest BCUT2D eigenvalue weighted by molar-refractivity contribution is 0.0920. The Morgan fingerprint density at radius 2 is 1.48 bits per heavy atom. The number of carbonyl (C=O) groups excluding carboxylic acids is 1. The molecule has 0 aliphatic heterocycles. The van der Waals surface area contributed by atoms with Gasteiger partial charge in [-0.05, 0) is 57.4 Å². The van der Waals surface area contributed by atoms with Crippen molar-refractivity contribution in [1.29, 1.82) is 0 Å². The average Bonchev–Trinajstić information content (AvgIpc) is 2.40. The molecule has 0 N–H and O–H groups in total. The smallest absolute Gasteiger partial charge is 0.200 e. The first kappa shape index (κ1) is 15.3. The summed E-state index contributed by atoms with van der Waals surface area (Å²) in [6, 6.07) is 10.1. The minimum atomic E-state index is 0.0237. The van der Waals surface area contributed by atoms with Crippen LogP contribution in [0.15, 0.2) is 30.3 Å². The first-order chi connectivity index (χ1) is 9.88. The van der Waals surface area contributed by atoms with Crippen LogP contribution in [0.5, 0.6) is 5.75 Å². The number of rotatable bonds is 4. The van der Waals surface area contributed by atoms with E-state index >= 15 is 0 Å². The second kappa shape index (κ2) is 6.13. The molecule has 0 fully saturated rings. The van der Waals surface area contributed by atoms with E-state index in [1.54, 1.807) is 0 Å². The first-order valence-electron chi connectivity index (χ1n) is 7.19. The Balaban J connectivity index is 2.17. The van der Waals surface area contributed by atoms with E-state index in [4.69, 9.17) is 4.74 Å². The fourth-order valence-electron chi connectivity index (χ4n) is 2.65. The number of ketones is 1. The Kier molecular flexibility index (Phi) is 4.46. The van der Waals surface area contributed by atoms with Crippen LogP contribution in [0.3, 0.4) is 0 Å². The molecule has 2 aromatic carbocycles. The van der Waals surface area contributed by atoms with Crippen LogP contribution in [0.25, 0.3) is 0 Å². The average molecular weight is 282 g/mol. The maximum absolute atomic E-state index is 12.4. The SMILES string of the molecule is Cc1cc(C)c(OCC(=O)c2cc(C)ccc2C)c(C)c1. The number of Topliss-reactive ketones (excluding diaryl/α,β-unsaturated/α-hetero) is 1. The summed E-state index contributed by atoms with van der Waals surface area (Å²) < 4.78 is 5.78. The topological polar surface area (TPSA) is 26.3 Å². The minimum absolute atomic E-state index is 0.0237. The van der Waals surface area contributed by atoms with Crippen LogP contribution in [-0.4, -0.2) is 12.4 Å². The summed E-state index contributed by atoms with van der Waals surface area (Å²) >= 11 is 0. The highest BCUT2D eigenvalue weighted by Crippen LogP contribution is 2.24. The molecule has 0 saturated heterocycles. The normalized spacial score (nSPS) is 10.5. The zero-order valence-corrected chi connectivity index (χ0v) is 13.4. The molecule has 0 spiro atoms. The second-order valence-corrected chi connectivity index (χ2v) is 5.76. The van der Waals surface area contributed by atoms with Crippen LogP contribution in [0.2, 0.25) is 0 Å². The van der Waals surface area contributed by atoms with E-state index in [0.717, 1.165) is 33.6 Å². The van der Waals surface area contributed by atoms with Gasteiger partial charge in [0.15, 0.2) is 12.4 Å². The molecule has 0 saturated carbocycles. The molecule has 2 rings (SSSR count). The van der Waals surface area contributed by atoms with Crippen molar-refractivity contribution in [2.24, 2.45) is 0 Å². The van der Waals surface area contributed by atoms with Crippen molar-refractivity contribution in [2.45, 2.75) is 34.6 Å². The molecule has 0 bridgehead atoms. The van der Waals surface area contributed by atoms with Crippen LogP contribution < -0.4 is 4.74 Å². The number of aryl methyl sites for hydroxylation is 5. The van der Waals surface area contributed by atoms with E-state index in [0.29, 0.717) is 0 Å². The predicted molar refractivity (Wildman–Crippen MR) is 86.4 cm³/mol. The summed E-state index contributed by atoms with van der Waals surface area (Å²) in [5.41, 5.74) is 6.18. The molecule has 110 valence electrons. The molecule has 0 aliphatic rings. The fourth-order valence-corrected chi connectivity index (χ4v) is 2.65. The summed E-state index contributed by atoms with van der Waals surface area (Å²) in [7, 11) is 0. The number of hydrogen-bond donors (Lipinski definition) is 0. The van der Waals surface area contributed by atoms with Crippen LogP contribution in [0.1, 0.15) is 38.2 Å². The maximum Gasteiger partial charge on any atom is 0.200 e. The zero-order chi connectivity index (χ0) is 15.6. The molecule has 21 heavy (non-hydrogen) atoms. The number of carbonyl (C=O) groups is 1. The Morgan fingerprint density at radius 1 is 0.857 bits per heavy atom. The van der Waals surface area contributed by atoms with Gasteiger partial charge in [0, 0.05) is 5.56 Å². The number of benzene rings is 2. The summed E-state index contributed by atoms with van der Waals surface area (Å²) in [6.07, 6.45) is 0. The molecule has 2 nitrogen and oxygen atoms in total. The van der Waals surface area contributed by atoms with Gasteiger partial charge in [0.1, 0.15) is 5.75 Å². The minimum Gasteiger partial charge on any atom is -0.485 e. The van der Waals surface area contributed by atoms with Gasteiger partial charge in [0.25, 0.3) is 0 Å².